The number of fused-ring (bicyclic) bond motifs is 17. The van der Waals surface area contributed by atoms with Crippen molar-refractivity contribution in [3.8, 4) is 67.5 Å². The molecular formula is C72H49N3O2. The first-order chi connectivity index (χ1) is 38.0. The molecule has 0 amide bonds. The van der Waals surface area contributed by atoms with E-state index >= 15 is 0 Å². The van der Waals surface area contributed by atoms with Gasteiger partial charge in [-0.2, -0.15) is 0 Å². The number of rotatable bonds is 5. The van der Waals surface area contributed by atoms with E-state index in [1.807, 2.05) is 18.2 Å². The zero-order chi connectivity index (χ0) is 50.1. The molecule has 0 atom stereocenters. The number of para-hydroxylation sites is 2. The van der Waals surface area contributed by atoms with Gasteiger partial charge in [0.1, 0.15) is 22.3 Å². The molecule has 364 valence electrons. The molecule has 1 spiro atoms. The smallest absolute Gasteiger partial charge is 0.168 e. The lowest BCUT2D eigenvalue weighted by Crippen LogP contribution is -2.48. The maximum atomic E-state index is 6.96. The molecule has 0 saturated heterocycles. The Morgan fingerprint density at radius 1 is 0.351 bits per heavy atom. The fraction of sp³-hybridized carbons (Fsp3) is 0.153. The minimum atomic E-state index is -0.538. The largest absolute Gasteiger partial charge is 0.455 e. The molecule has 5 heteroatoms. The van der Waals surface area contributed by atoms with Crippen LogP contribution in [0.15, 0.2) is 215 Å². The molecule has 77 heavy (non-hydrogen) atoms. The third kappa shape index (κ3) is 5.81. The number of hydrogen-bond acceptors (Lipinski definition) is 5. The van der Waals surface area contributed by atoms with Crippen LogP contribution in [0.4, 0.5) is 0 Å². The molecule has 6 aliphatic rings. The van der Waals surface area contributed by atoms with Crippen molar-refractivity contribution in [3.05, 3.63) is 234 Å². The van der Waals surface area contributed by atoms with Crippen molar-refractivity contribution in [1.82, 2.24) is 15.0 Å². The van der Waals surface area contributed by atoms with Gasteiger partial charge in [0, 0.05) is 27.1 Å². The van der Waals surface area contributed by atoms with Crippen molar-refractivity contribution in [1.29, 1.82) is 0 Å². The molecule has 4 saturated carbocycles. The monoisotopic (exact) mass is 987 g/mol. The van der Waals surface area contributed by atoms with E-state index in [-0.39, 0.29) is 0 Å². The van der Waals surface area contributed by atoms with Gasteiger partial charge >= 0.3 is 0 Å². The predicted molar refractivity (Wildman–Crippen MR) is 310 cm³/mol. The van der Waals surface area contributed by atoms with E-state index in [1.165, 1.54) is 94.2 Å². The summed E-state index contributed by atoms with van der Waals surface area (Å²) in [5, 5.41) is 6.25. The van der Waals surface area contributed by atoms with E-state index < -0.39 is 5.41 Å². The Kier molecular flexibility index (Phi) is 8.44. The lowest BCUT2D eigenvalue weighted by atomic mass is 9.48. The maximum absolute atomic E-state index is 6.96. The summed E-state index contributed by atoms with van der Waals surface area (Å²) in [5.74, 6) is 4.31. The molecular weight excluding hydrogens is 939 g/mol. The molecule has 0 aliphatic heterocycles. The SMILES string of the molecule is c1ccc2c(c1)-c1ccccc1C21c2ccccc2-c2ccc(-c3nc(-c4cc(-c5ccc(C67CC8CC(CC(C8)C6)C7)cc5)cc5c4oc4ccccc45)nc(-c4c5ccccc5cc5c4oc4ccccc45)n3)cc21. The number of benzene rings is 10. The van der Waals surface area contributed by atoms with Gasteiger partial charge in [0.05, 0.1) is 16.5 Å². The van der Waals surface area contributed by atoms with E-state index in [0.717, 1.165) is 94.7 Å². The lowest BCUT2D eigenvalue weighted by molar-refractivity contribution is -0.00518. The van der Waals surface area contributed by atoms with Crippen LogP contribution in [-0.2, 0) is 10.8 Å². The van der Waals surface area contributed by atoms with Gasteiger partial charge in [-0.05, 0) is 170 Å². The van der Waals surface area contributed by atoms with Crippen LogP contribution in [-0.4, -0.2) is 15.0 Å². The van der Waals surface area contributed by atoms with E-state index in [1.54, 1.807) is 0 Å². The van der Waals surface area contributed by atoms with Crippen LogP contribution >= 0.6 is 0 Å². The Labute approximate surface area is 444 Å². The van der Waals surface area contributed by atoms with Crippen LogP contribution < -0.4 is 0 Å². The summed E-state index contributed by atoms with van der Waals surface area (Å²) in [4.78, 5) is 16.9. The minimum absolute atomic E-state index is 0.318. The topological polar surface area (TPSA) is 65.0 Å². The summed E-state index contributed by atoms with van der Waals surface area (Å²) in [7, 11) is 0. The van der Waals surface area contributed by atoms with Gasteiger partial charge in [0.2, 0.25) is 0 Å². The predicted octanol–water partition coefficient (Wildman–Crippen LogP) is 18.3. The van der Waals surface area contributed by atoms with Crippen LogP contribution in [0.5, 0.6) is 0 Å². The molecule has 10 aromatic carbocycles. The Morgan fingerprint density at radius 2 is 0.857 bits per heavy atom. The normalized spacial score (nSPS) is 20.2. The zero-order valence-corrected chi connectivity index (χ0v) is 42.3. The standard InChI is InChI=1S/C72H49N3O2/c1-2-14-49-45(13-1)34-57-55-19-7-12-24-64(55)77-67(57)65(49)70-74-68(46-27-30-53-52-17-5-10-22-61(52)72(62(53)37-46)59-20-8-3-15-50(59)51-16-4-9-21-60(51)72)73-69(75-70)58-36-47(35-56-54-18-6-11-23-63(54)76-66(56)58)44-25-28-48(29-26-44)71-38-41-31-42(39-71)33-43(32-41)40-71/h1-30,34-37,41-43H,31-33,38-40H2. The first-order valence-corrected chi connectivity index (χ1v) is 27.6. The summed E-state index contributed by atoms with van der Waals surface area (Å²) in [6.45, 7) is 0. The van der Waals surface area contributed by atoms with Gasteiger partial charge in [-0.15, -0.1) is 0 Å². The third-order valence-electron chi connectivity index (χ3n) is 19.1. The van der Waals surface area contributed by atoms with Crippen LogP contribution in [0.25, 0.3) is 122 Å². The second-order valence-electron chi connectivity index (χ2n) is 23.2. The van der Waals surface area contributed by atoms with Gasteiger partial charge in [-0.1, -0.05) is 170 Å². The van der Waals surface area contributed by atoms with E-state index in [9.17, 15) is 0 Å². The van der Waals surface area contributed by atoms with E-state index in [0.29, 0.717) is 22.9 Å². The quantitative estimate of drug-likeness (QED) is 0.172. The molecule has 0 unspecified atom stereocenters. The highest BCUT2D eigenvalue weighted by atomic mass is 16.3. The number of furan rings is 2. The van der Waals surface area contributed by atoms with Crippen molar-refractivity contribution < 1.29 is 8.83 Å². The van der Waals surface area contributed by atoms with Gasteiger partial charge < -0.3 is 8.83 Å². The van der Waals surface area contributed by atoms with Crippen molar-refractivity contribution in [2.45, 2.75) is 49.4 Å². The maximum Gasteiger partial charge on any atom is 0.168 e. The van der Waals surface area contributed by atoms with Crippen molar-refractivity contribution >= 4 is 54.6 Å². The van der Waals surface area contributed by atoms with Crippen molar-refractivity contribution in [2.75, 3.05) is 0 Å². The van der Waals surface area contributed by atoms with Gasteiger partial charge in [0.25, 0.3) is 0 Å². The van der Waals surface area contributed by atoms with Crippen LogP contribution in [0, 0.1) is 17.8 Å². The minimum Gasteiger partial charge on any atom is -0.455 e. The van der Waals surface area contributed by atoms with Gasteiger partial charge in [-0.3, -0.25) is 0 Å². The van der Waals surface area contributed by atoms with Crippen LogP contribution in [0.2, 0.25) is 0 Å². The molecule has 6 aliphatic carbocycles. The van der Waals surface area contributed by atoms with E-state index in [2.05, 4.69) is 188 Å². The molecule has 19 rings (SSSR count). The fourth-order valence-corrected chi connectivity index (χ4v) is 16.4. The summed E-state index contributed by atoms with van der Waals surface area (Å²) in [5.41, 5.74) is 19.4. The molecule has 3 heterocycles. The van der Waals surface area contributed by atoms with E-state index in [4.69, 9.17) is 23.8 Å². The molecule has 0 N–H and O–H groups in total. The number of nitrogens with zero attached hydrogens (tertiary/aromatic N) is 3. The molecule has 3 aromatic heterocycles. The summed E-state index contributed by atoms with van der Waals surface area (Å²) in [6.07, 6.45) is 8.34. The Hall–Kier alpha value is -8.93. The lowest BCUT2D eigenvalue weighted by Gasteiger charge is -2.57. The number of aromatic nitrogens is 3. The second kappa shape index (κ2) is 15.4. The average Bonchev–Trinajstić information content (AvgIpc) is 4.24. The summed E-state index contributed by atoms with van der Waals surface area (Å²) in [6, 6.07) is 75.5. The Morgan fingerprint density at radius 3 is 1.51 bits per heavy atom. The molecule has 0 radical (unpaired) electrons. The molecule has 4 bridgehead atoms. The molecule has 4 fully saturated rings. The Balaban J connectivity index is 0.895. The van der Waals surface area contributed by atoms with Crippen molar-refractivity contribution in [2.24, 2.45) is 17.8 Å². The zero-order valence-electron chi connectivity index (χ0n) is 42.3. The summed E-state index contributed by atoms with van der Waals surface area (Å²) >= 11 is 0. The fourth-order valence-electron chi connectivity index (χ4n) is 16.4. The second-order valence-corrected chi connectivity index (χ2v) is 23.2. The molecule has 13 aromatic rings. The number of hydrogen-bond donors (Lipinski definition) is 0. The molecule has 5 nitrogen and oxygen atoms in total. The highest BCUT2D eigenvalue weighted by molar-refractivity contribution is 6.18. The van der Waals surface area contributed by atoms with Gasteiger partial charge in [-0.25, -0.2) is 15.0 Å². The first kappa shape index (κ1) is 42.3. The highest BCUT2D eigenvalue weighted by Crippen LogP contribution is 2.64. The highest BCUT2D eigenvalue weighted by Gasteiger charge is 2.53. The Bertz CT molecular complexity index is 4590. The van der Waals surface area contributed by atoms with Crippen LogP contribution in [0.1, 0.15) is 66.3 Å². The first-order valence-electron chi connectivity index (χ1n) is 27.6. The summed E-state index contributed by atoms with van der Waals surface area (Å²) < 4.78 is 13.9. The third-order valence-corrected chi connectivity index (χ3v) is 19.1. The van der Waals surface area contributed by atoms with Crippen molar-refractivity contribution in [3.63, 3.8) is 0 Å². The average molecular weight is 988 g/mol. The van der Waals surface area contributed by atoms with Crippen LogP contribution in [0.3, 0.4) is 0 Å². The van der Waals surface area contributed by atoms with Gasteiger partial charge in [0.15, 0.2) is 17.5 Å².